The second-order valence-corrected chi connectivity index (χ2v) is 4.37. The molecule has 2 bridgehead atoms. The van der Waals surface area contributed by atoms with E-state index in [-0.39, 0.29) is 17.2 Å². The van der Waals surface area contributed by atoms with Crippen LogP contribution in [0.3, 0.4) is 0 Å². The van der Waals surface area contributed by atoms with Crippen LogP contribution in [0.2, 0.25) is 0 Å². The Labute approximate surface area is 67.1 Å². The number of primary amides is 1. The molecule has 62 valence electrons. The molecule has 0 spiro atoms. The molecule has 0 aromatic heterocycles. The van der Waals surface area contributed by atoms with E-state index in [1.807, 2.05) is 0 Å². The van der Waals surface area contributed by atoms with Gasteiger partial charge in [0, 0.05) is 5.92 Å². The summed E-state index contributed by atoms with van der Waals surface area (Å²) in [5, 5.41) is 0. The van der Waals surface area contributed by atoms with Gasteiger partial charge in [-0.25, -0.2) is 0 Å². The molecular formula is C9H15NO. The monoisotopic (exact) mass is 153 g/mol. The number of carbonyl (C=O) groups excluding carboxylic acids is 1. The lowest BCUT2D eigenvalue weighted by Gasteiger charge is -2.24. The molecule has 0 aromatic carbocycles. The first-order chi connectivity index (χ1) is 5.13. The van der Waals surface area contributed by atoms with Crippen LogP contribution in [0.5, 0.6) is 0 Å². The van der Waals surface area contributed by atoms with Crippen molar-refractivity contribution in [3.8, 4) is 0 Å². The number of fused-ring (bicyclic) bond motifs is 2. The second-order valence-electron chi connectivity index (χ2n) is 4.37. The third-order valence-corrected chi connectivity index (χ3v) is 3.70. The zero-order valence-corrected chi connectivity index (χ0v) is 6.97. The average molecular weight is 153 g/mol. The SMILES string of the molecule is CC12CCC(CC1)C2C(N)=O. The molecule has 2 fully saturated rings. The molecule has 11 heavy (non-hydrogen) atoms. The molecule has 1 amide bonds. The molecule has 2 aliphatic carbocycles. The summed E-state index contributed by atoms with van der Waals surface area (Å²) in [6.45, 7) is 2.22. The largest absolute Gasteiger partial charge is 0.369 e. The standard InChI is InChI=1S/C9H15NO/c1-9-4-2-6(3-5-9)7(9)8(10)11/h6-7H,2-5H2,1H3,(H2,10,11). The summed E-state index contributed by atoms with van der Waals surface area (Å²) in [5.74, 6) is 0.757. The van der Waals surface area contributed by atoms with E-state index in [4.69, 9.17) is 5.73 Å². The molecule has 0 aromatic rings. The minimum Gasteiger partial charge on any atom is -0.369 e. The normalized spacial score (nSPS) is 48.1. The predicted molar refractivity (Wildman–Crippen MR) is 42.7 cm³/mol. The highest BCUT2D eigenvalue weighted by atomic mass is 16.1. The van der Waals surface area contributed by atoms with Gasteiger partial charge in [-0.05, 0) is 37.0 Å². The lowest BCUT2D eigenvalue weighted by molar-refractivity contribution is -0.124. The molecule has 2 nitrogen and oxygen atoms in total. The van der Waals surface area contributed by atoms with Crippen LogP contribution >= 0.6 is 0 Å². The molecule has 1 unspecified atom stereocenters. The highest BCUT2D eigenvalue weighted by Gasteiger charge is 2.52. The molecule has 1 atom stereocenters. The van der Waals surface area contributed by atoms with E-state index >= 15 is 0 Å². The Bertz CT molecular complexity index is 192. The number of nitrogens with two attached hydrogens (primary N) is 1. The second kappa shape index (κ2) is 1.99. The van der Waals surface area contributed by atoms with Gasteiger partial charge in [-0.3, -0.25) is 4.79 Å². The Hall–Kier alpha value is -0.530. The van der Waals surface area contributed by atoms with Gasteiger partial charge in [-0.15, -0.1) is 0 Å². The molecular weight excluding hydrogens is 138 g/mol. The van der Waals surface area contributed by atoms with Gasteiger partial charge in [0.1, 0.15) is 0 Å². The highest BCUT2D eigenvalue weighted by molar-refractivity contribution is 5.78. The first kappa shape index (κ1) is 7.14. The number of carbonyl (C=O) groups is 1. The predicted octanol–water partition coefficient (Wildman–Crippen LogP) is 1.30. The van der Waals surface area contributed by atoms with Gasteiger partial charge >= 0.3 is 0 Å². The summed E-state index contributed by atoms with van der Waals surface area (Å²) in [6.07, 6.45) is 4.88. The van der Waals surface area contributed by atoms with E-state index in [2.05, 4.69) is 6.92 Å². The molecule has 0 radical (unpaired) electrons. The molecule has 2 saturated carbocycles. The summed E-state index contributed by atoms with van der Waals surface area (Å²) >= 11 is 0. The van der Waals surface area contributed by atoms with Crippen LogP contribution in [0.25, 0.3) is 0 Å². The lowest BCUT2D eigenvalue weighted by Crippen LogP contribution is -2.32. The molecule has 2 aliphatic rings. The fourth-order valence-corrected chi connectivity index (χ4v) is 3.09. The van der Waals surface area contributed by atoms with Crippen molar-refractivity contribution < 1.29 is 4.79 Å². The smallest absolute Gasteiger partial charge is 0.221 e. The van der Waals surface area contributed by atoms with Gasteiger partial charge in [0.05, 0.1) is 0 Å². The van der Waals surface area contributed by atoms with Gasteiger partial charge in [-0.2, -0.15) is 0 Å². The Morgan fingerprint density at radius 3 is 2.18 bits per heavy atom. The molecule has 2 rings (SSSR count). The van der Waals surface area contributed by atoms with Crippen molar-refractivity contribution in [2.24, 2.45) is 23.0 Å². The Kier molecular flexibility index (Phi) is 1.29. The van der Waals surface area contributed by atoms with E-state index in [1.165, 1.54) is 25.7 Å². The quantitative estimate of drug-likeness (QED) is 0.606. The summed E-state index contributed by atoms with van der Waals surface area (Å²) < 4.78 is 0. The average Bonchev–Trinajstić information content (AvgIpc) is 2.39. The van der Waals surface area contributed by atoms with Crippen molar-refractivity contribution in [3.05, 3.63) is 0 Å². The van der Waals surface area contributed by atoms with Crippen LogP contribution in [0.4, 0.5) is 0 Å². The van der Waals surface area contributed by atoms with Crippen molar-refractivity contribution >= 4 is 5.91 Å². The Balaban J connectivity index is 2.28. The molecule has 2 heteroatoms. The summed E-state index contributed by atoms with van der Waals surface area (Å²) in [4.78, 5) is 11.1. The number of amides is 1. The summed E-state index contributed by atoms with van der Waals surface area (Å²) in [7, 11) is 0. The summed E-state index contributed by atoms with van der Waals surface area (Å²) in [6, 6.07) is 0. The van der Waals surface area contributed by atoms with Crippen molar-refractivity contribution in [1.29, 1.82) is 0 Å². The Morgan fingerprint density at radius 1 is 1.45 bits per heavy atom. The maximum absolute atomic E-state index is 11.1. The zero-order chi connectivity index (χ0) is 8.06. The van der Waals surface area contributed by atoms with E-state index in [9.17, 15) is 4.79 Å². The van der Waals surface area contributed by atoms with E-state index in [0.29, 0.717) is 5.92 Å². The third kappa shape index (κ3) is 0.815. The van der Waals surface area contributed by atoms with Crippen LogP contribution in [-0.2, 0) is 4.79 Å². The van der Waals surface area contributed by atoms with Crippen molar-refractivity contribution in [2.75, 3.05) is 0 Å². The van der Waals surface area contributed by atoms with Gasteiger partial charge in [0.2, 0.25) is 5.91 Å². The van der Waals surface area contributed by atoms with E-state index in [1.54, 1.807) is 0 Å². The highest BCUT2D eigenvalue weighted by Crippen LogP contribution is 2.57. The van der Waals surface area contributed by atoms with Crippen molar-refractivity contribution in [3.63, 3.8) is 0 Å². The fraction of sp³-hybridized carbons (Fsp3) is 0.889. The maximum Gasteiger partial charge on any atom is 0.221 e. The summed E-state index contributed by atoms with van der Waals surface area (Å²) in [5.41, 5.74) is 5.64. The minimum absolute atomic E-state index is 0.0625. The van der Waals surface area contributed by atoms with E-state index in [0.717, 1.165) is 0 Å². The number of hydrogen-bond acceptors (Lipinski definition) is 1. The number of hydrogen-bond donors (Lipinski definition) is 1. The molecule has 0 heterocycles. The van der Waals surface area contributed by atoms with Crippen LogP contribution in [0.1, 0.15) is 32.6 Å². The first-order valence-corrected chi connectivity index (χ1v) is 4.43. The third-order valence-electron chi connectivity index (χ3n) is 3.70. The molecule has 0 saturated heterocycles. The minimum atomic E-state index is -0.0625. The first-order valence-electron chi connectivity index (χ1n) is 4.43. The van der Waals surface area contributed by atoms with Gasteiger partial charge in [0.15, 0.2) is 0 Å². The number of rotatable bonds is 1. The van der Waals surface area contributed by atoms with Gasteiger partial charge < -0.3 is 5.73 Å². The van der Waals surface area contributed by atoms with Crippen molar-refractivity contribution in [1.82, 2.24) is 0 Å². The van der Waals surface area contributed by atoms with Crippen LogP contribution in [0, 0.1) is 17.3 Å². The van der Waals surface area contributed by atoms with Crippen LogP contribution < -0.4 is 5.73 Å². The molecule has 0 aliphatic heterocycles. The van der Waals surface area contributed by atoms with Gasteiger partial charge in [0.25, 0.3) is 0 Å². The maximum atomic E-state index is 11.1. The topological polar surface area (TPSA) is 43.1 Å². The van der Waals surface area contributed by atoms with Crippen molar-refractivity contribution in [2.45, 2.75) is 32.6 Å². The Morgan fingerprint density at radius 2 is 2.00 bits per heavy atom. The van der Waals surface area contributed by atoms with Crippen LogP contribution in [-0.4, -0.2) is 5.91 Å². The van der Waals surface area contributed by atoms with Gasteiger partial charge in [-0.1, -0.05) is 6.92 Å². The lowest BCUT2D eigenvalue weighted by atomic mass is 9.81. The zero-order valence-electron chi connectivity index (χ0n) is 6.97. The fourth-order valence-electron chi connectivity index (χ4n) is 3.09. The van der Waals surface area contributed by atoms with E-state index < -0.39 is 0 Å². The van der Waals surface area contributed by atoms with Crippen LogP contribution in [0.15, 0.2) is 0 Å². The molecule has 2 N–H and O–H groups in total.